The highest BCUT2D eigenvalue weighted by Gasteiger charge is 2.39. The van der Waals surface area contributed by atoms with Gasteiger partial charge < -0.3 is 20.1 Å². The summed E-state index contributed by atoms with van der Waals surface area (Å²) in [6, 6.07) is 4.85. The van der Waals surface area contributed by atoms with Gasteiger partial charge in [-0.2, -0.15) is 0 Å². The average Bonchev–Trinajstić information content (AvgIpc) is 2.87. The summed E-state index contributed by atoms with van der Waals surface area (Å²) in [6.07, 6.45) is 1.59. The van der Waals surface area contributed by atoms with E-state index in [-0.39, 0.29) is 11.4 Å². The molecule has 2 saturated heterocycles. The van der Waals surface area contributed by atoms with Gasteiger partial charge in [-0.3, -0.25) is 10.1 Å². The van der Waals surface area contributed by atoms with Crippen LogP contribution in [0.5, 0.6) is 0 Å². The minimum Gasteiger partial charge on any atom is -0.393 e. The van der Waals surface area contributed by atoms with Gasteiger partial charge in [0.1, 0.15) is 5.69 Å². The summed E-state index contributed by atoms with van der Waals surface area (Å²) in [5, 5.41) is 10.8. The summed E-state index contributed by atoms with van der Waals surface area (Å²) in [6.45, 7) is 2.89. The molecule has 2 aliphatic rings. The predicted molar refractivity (Wildman–Crippen MR) is 73.6 cm³/mol. The van der Waals surface area contributed by atoms with Gasteiger partial charge in [-0.15, -0.1) is 0 Å². The van der Waals surface area contributed by atoms with Gasteiger partial charge in [-0.25, -0.2) is 0 Å². The molecule has 2 fully saturated rings. The van der Waals surface area contributed by atoms with Crippen molar-refractivity contribution in [3.63, 3.8) is 0 Å². The molecule has 0 saturated carbocycles. The summed E-state index contributed by atoms with van der Waals surface area (Å²) in [7, 11) is 0. The molecule has 0 aromatic heterocycles. The van der Waals surface area contributed by atoms with Gasteiger partial charge in [-0.05, 0) is 12.1 Å². The van der Waals surface area contributed by atoms with Crippen LogP contribution < -0.4 is 10.6 Å². The molecular formula is C13H17N3O4. The Hall–Kier alpha value is -1.86. The number of nitrogen functional groups attached to an aromatic ring is 1. The van der Waals surface area contributed by atoms with Crippen molar-refractivity contribution in [3.05, 3.63) is 28.3 Å². The van der Waals surface area contributed by atoms with Crippen molar-refractivity contribution in [3.8, 4) is 0 Å². The van der Waals surface area contributed by atoms with Crippen LogP contribution in [-0.2, 0) is 9.47 Å². The van der Waals surface area contributed by atoms with E-state index >= 15 is 0 Å². The van der Waals surface area contributed by atoms with E-state index in [1.54, 1.807) is 12.1 Å². The molecule has 2 aliphatic heterocycles. The van der Waals surface area contributed by atoms with Crippen molar-refractivity contribution in [2.75, 3.05) is 36.9 Å². The predicted octanol–water partition coefficient (Wildman–Crippen LogP) is 1.52. The van der Waals surface area contributed by atoms with Gasteiger partial charge in [0, 0.05) is 37.7 Å². The lowest BCUT2D eigenvalue weighted by Gasteiger charge is -2.38. The lowest BCUT2D eigenvalue weighted by Crippen LogP contribution is -2.45. The molecule has 108 valence electrons. The van der Waals surface area contributed by atoms with E-state index in [9.17, 15) is 10.1 Å². The van der Waals surface area contributed by atoms with Crippen LogP contribution in [0.1, 0.15) is 12.8 Å². The zero-order chi connectivity index (χ0) is 14.2. The molecule has 0 atom stereocenters. The van der Waals surface area contributed by atoms with Crippen molar-refractivity contribution in [2.24, 2.45) is 0 Å². The van der Waals surface area contributed by atoms with Crippen LogP contribution in [-0.4, -0.2) is 37.0 Å². The Morgan fingerprint density at radius 3 is 2.45 bits per heavy atom. The number of nitrogens with two attached hydrogens (primary N) is 1. The lowest BCUT2D eigenvalue weighted by atomic mass is 10.0. The summed E-state index contributed by atoms with van der Waals surface area (Å²) in [4.78, 5) is 12.4. The average molecular weight is 279 g/mol. The van der Waals surface area contributed by atoms with Crippen LogP contribution in [0.4, 0.5) is 17.1 Å². The quantitative estimate of drug-likeness (QED) is 0.501. The third kappa shape index (κ3) is 2.30. The van der Waals surface area contributed by atoms with Crippen molar-refractivity contribution >= 4 is 17.1 Å². The number of rotatable bonds is 2. The number of nitro benzene ring substituents is 1. The third-order valence-electron chi connectivity index (χ3n) is 3.91. The van der Waals surface area contributed by atoms with Crippen LogP contribution in [0.2, 0.25) is 0 Å². The highest BCUT2D eigenvalue weighted by Crippen LogP contribution is 2.34. The molecule has 0 amide bonds. The molecule has 0 bridgehead atoms. The van der Waals surface area contributed by atoms with Crippen molar-refractivity contribution in [2.45, 2.75) is 18.6 Å². The lowest BCUT2D eigenvalue weighted by molar-refractivity contribution is -0.383. The number of anilines is 2. The van der Waals surface area contributed by atoms with E-state index < -0.39 is 10.7 Å². The minimum absolute atomic E-state index is 0.0512. The molecule has 2 heterocycles. The van der Waals surface area contributed by atoms with E-state index in [0.717, 1.165) is 31.6 Å². The maximum Gasteiger partial charge on any atom is 0.292 e. The Bertz CT molecular complexity index is 518. The molecule has 7 heteroatoms. The third-order valence-corrected chi connectivity index (χ3v) is 3.91. The van der Waals surface area contributed by atoms with Gasteiger partial charge >= 0.3 is 0 Å². The van der Waals surface area contributed by atoms with Gasteiger partial charge in [0.25, 0.3) is 5.69 Å². The molecular weight excluding hydrogens is 262 g/mol. The minimum atomic E-state index is -0.468. The fourth-order valence-corrected chi connectivity index (χ4v) is 2.80. The van der Waals surface area contributed by atoms with Crippen LogP contribution in [0.15, 0.2) is 18.2 Å². The first-order valence-electron chi connectivity index (χ1n) is 6.66. The maximum absolute atomic E-state index is 10.8. The Morgan fingerprint density at radius 1 is 1.25 bits per heavy atom. The largest absolute Gasteiger partial charge is 0.393 e. The SMILES string of the molecule is Nc1cc(N2CCC3(CC2)OCCO3)ccc1[N+](=O)[O-]. The smallest absolute Gasteiger partial charge is 0.292 e. The number of nitro groups is 1. The first kappa shape index (κ1) is 13.1. The van der Waals surface area contributed by atoms with E-state index in [4.69, 9.17) is 15.2 Å². The van der Waals surface area contributed by atoms with Crippen LogP contribution in [0.3, 0.4) is 0 Å². The number of hydrogen-bond acceptors (Lipinski definition) is 6. The molecule has 1 aromatic carbocycles. The van der Waals surface area contributed by atoms with E-state index in [1.165, 1.54) is 6.07 Å². The Balaban J connectivity index is 1.72. The molecule has 2 N–H and O–H groups in total. The van der Waals surface area contributed by atoms with E-state index in [2.05, 4.69) is 4.90 Å². The zero-order valence-electron chi connectivity index (χ0n) is 11.1. The number of piperidine rings is 1. The fourth-order valence-electron chi connectivity index (χ4n) is 2.80. The fraction of sp³-hybridized carbons (Fsp3) is 0.538. The molecule has 0 unspecified atom stereocenters. The number of hydrogen-bond donors (Lipinski definition) is 1. The van der Waals surface area contributed by atoms with Crippen LogP contribution >= 0.6 is 0 Å². The highest BCUT2D eigenvalue weighted by molar-refractivity contribution is 5.66. The zero-order valence-corrected chi connectivity index (χ0v) is 11.1. The van der Waals surface area contributed by atoms with Gasteiger partial charge in [0.15, 0.2) is 5.79 Å². The standard InChI is InChI=1S/C13H17N3O4/c14-11-9-10(1-2-12(11)16(17)18)15-5-3-13(4-6-15)19-7-8-20-13/h1-2,9H,3-8,14H2. The Labute approximate surface area is 116 Å². The molecule has 20 heavy (non-hydrogen) atoms. The Kier molecular flexibility index (Phi) is 3.23. The second-order valence-electron chi connectivity index (χ2n) is 5.09. The first-order chi connectivity index (χ1) is 9.60. The van der Waals surface area contributed by atoms with Crippen LogP contribution in [0.25, 0.3) is 0 Å². The van der Waals surface area contributed by atoms with Crippen molar-refractivity contribution in [1.82, 2.24) is 0 Å². The van der Waals surface area contributed by atoms with Gasteiger partial charge in [0.05, 0.1) is 18.1 Å². The first-order valence-corrected chi connectivity index (χ1v) is 6.66. The summed E-state index contributed by atoms with van der Waals surface area (Å²) < 4.78 is 11.4. The van der Waals surface area contributed by atoms with E-state index in [0.29, 0.717) is 13.2 Å². The summed E-state index contributed by atoms with van der Waals surface area (Å²) >= 11 is 0. The second kappa shape index (κ2) is 4.92. The number of ether oxygens (including phenoxy) is 2. The topological polar surface area (TPSA) is 90.9 Å². The number of benzene rings is 1. The van der Waals surface area contributed by atoms with Gasteiger partial charge in [-0.1, -0.05) is 0 Å². The van der Waals surface area contributed by atoms with Crippen molar-refractivity contribution < 1.29 is 14.4 Å². The molecule has 7 nitrogen and oxygen atoms in total. The maximum atomic E-state index is 10.8. The molecule has 0 aliphatic carbocycles. The molecule has 0 radical (unpaired) electrons. The molecule has 1 spiro atoms. The van der Waals surface area contributed by atoms with Gasteiger partial charge in [0.2, 0.25) is 0 Å². The highest BCUT2D eigenvalue weighted by atomic mass is 16.7. The summed E-state index contributed by atoms with van der Waals surface area (Å²) in [5.41, 5.74) is 6.77. The van der Waals surface area contributed by atoms with Crippen LogP contribution in [0, 0.1) is 10.1 Å². The molecule has 1 aromatic rings. The second-order valence-corrected chi connectivity index (χ2v) is 5.09. The van der Waals surface area contributed by atoms with E-state index in [1.807, 2.05) is 0 Å². The summed E-state index contributed by atoms with van der Waals surface area (Å²) in [5.74, 6) is -0.414. The number of nitrogens with zero attached hydrogens (tertiary/aromatic N) is 2. The van der Waals surface area contributed by atoms with Crippen molar-refractivity contribution in [1.29, 1.82) is 0 Å². The molecule has 3 rings (SSSR count). The Morgan fingerprint density at radius 2 is 1.90 bits per heavy atom. The monoisotopic (exact) mass is 279 g/mol. The normalized spacial score (nSPS) is 21.3.